The van der Waals surface area contributed by atoms with Crippen LogP contribution >= 0.6 is 24.0 Å². The molecule has 0 atom stereocenters. The summed E-state index contributed by atoms with van der Waals surface area (Å²) in [7, 11) is 1.84. The third-order valence-electron chi connectivity index (χ3n) is 4.50. The summed E-state index contributed by atoms with van der Waals surface area (Å²) >= 11 is 0. The number of halogens is 1. The summed E-state index contributed by atoms with van der Waals surface area (Å²) in [5.41, 5.74) is 0. The van der Waals surface area contributed by atoms with Gasteiger partial charge in [0.2, 0.25) is 0 Å². The van der Waals surface area contributed by atoms with Gasteiger partial charge in [0.05, 0.1) is 6.10 Å². The van der Waals surface area contributed by atoms with Gasteiger partial charge in [-0.2, -0.15) is 0 Å². The lowest BCUT2D eigenvalue weighted by atomic mass is 10.1. The first-order chi connectivity index (χ1) is 10.4. The third kappa shape index (κ3) is 9.18. The summed E-state index contributed by atoms with van der Waals surface area (Å²) in [5.74, 6) is 1.84. The molecule has 2 fully saturated rings. The second-order valence-corrected chi connectivity index (χ2v) is 6.51. The number of guanidine groups is 1. The molecule has 22 heavy (non-hydrogen) atoms. The Balaban J connectivity index is 0.00000242. The molecule has 0 aliphatic heterocycles. The smallest absolute Gasteiger partial charge is 0.190 e. The SMILES string of the molecule is CN=C(NCCCCOC1CCCCCC1)NCC1CC1.I. The van der Waals surface area contributed by atoms with Crippen molar-refractivity contribution in [2.24, 2.45) is 10.9 Å². The van der Waals surface area contributed by atoms with Gasteiger partial charge in [-0.15, -0.1) is 24.0 Å². The standard InChI is InChI=1S/C17H33N3O.HI/c1-18-17(20-14-15-10-11-15)19-12-6-7-13-21-16-8-4-2-3-5-9-16;/h15-16H,2-14H2,1H3,(H2,18,19,20);1H. The maximum Gasteiger partial charge on any atom is 0.190 e. The summed E-state index contributed by atoms with van der Waals surface area (Å²) in [4.78, 5) is 4.25. The average Bonchev–Trinajstić information content (AvgIpc) is 3.33. The molecule has 4 nitrogen and oxygen atoms in total. The lowest BCUT2D eigenvalue weighted by molar-refractivity contribution is 0.0411. The topological polar surface area (TPSA) is 45.7 Å². The summed E-state index contributed by atoms with van der Waals surface area (Å²) in [6.07, 6.45) is 13.6. The van der Waals surface area contributed by atoms with Crippen LogP contribution in [0.4, 0.5) is 0 Å². The molecule has 0 aromatic carbocycles. The molecule has 2 aliphatic rings. The fourth-order valence-electron chi connectivity index (χ4n) is 2.88. The fourth-order valence-corrected chi connectivity index (χ4v) is 2.88. The Bertz CT molecular complexity index is 300. The van der Waals surface area contributed by atoms with Crippen LogP contribution in [0.1, 0.15) is 64.2 Å². The molecule has 0 bridgehead atoms. The van der Waals surface area contributed by atoms with E-state index in [1.807, 2.05) is 7.05 Å². The fraction of sp³-hybridized carbons (Fsp3) is 0.941. The molecule has 0 saturated heterocycles. The van der Waals surface area contributed by atoms with Crippen LogP contribution in [0.3, 0.4) is 0 Å². The molecule has 2 N–H and O–H groups in total. The second-order valence-electron chi connectivity index (χ2n) is 6.51. The van der Waals surface area contributed by atoms with E-state index in [1.165, 1.54) is 51.4 Å². The molecule has 0 aromatic rings. The molecule has 0 amide bonds. The van der Waals surface area contributed by atoms with E-state index < -0.39 is 0 Å². The highest BCUT2D eigenvalue weighted by molar-refractivity contribution is 14.0. The van der Waals surface area contributed by atoms with Crippen molar-refractivity contribution < 1.29 is 4.74 Å². The zero-order chi connectivity index (χ0) is 14.8. The summed E-state index contributed by atoms with van der Waals surface area (Å²) in [6, 6.07) is 0. The van der Waals surface area contributed by atoms with Crippen molar-refractivity contribution in [3.05, 3.63) is 0 Å². The van der Waals surface area contributed by atoms with E-state index in [0.29, 0.717) is 6.10 Å². The first kappa shape index (κ1) is 20.0. The minimum atomic E-state index is 0. The molecule has 0 spiro atoms. The molecule has 0 unspecified atom stereocenters. The number of hydrogen-bond donors (Lipinski definition) is 2. The largest absolute Gasteiger partial charge is 0.378 e. The van der Waals surface area contributed by atoms with Crippen molar-refractivity contribution in [2.45, 2.75) is 70.3 Å². The van der Waals surface area contributed by atoms with Crippen molar-refractivity contribution in [1.82, 2.24) is 10.6 Å². The van der Waals surface area contributed by atoms with Crippen LogP contribution in [0.25, 0.3) is 0 Å². The minimum absolute atomic E-state index is 0. The zero-order valence-corrected chi connectivity index (χ0v) is 16.4. The van der Waals surface area contributed by atoms with Crippen molar-refractivity contribution in [3.63, 3.8) is 0 Å². The number of aliphatic imine (C=N–C) groups is 1. The first-order valence-corrected chi connectivity index (χ1v) is 8.94. The van der Waals surface area contributed by atoms with Crippen molar-refractivity contribution in [3.8, 4) is 0 Å². The van der Waals surface area contributed by atoms with Gasteiger partial charge in [-0.1, -0.05) is 25.7 Å². The van der Waals surface area contributed by atoms with Gasteiger partial charge in [0, 0.05) is 26.7 Å². The lowest BCUT2D eigenvalue weighted by Gasteiger charge is -2.15. The molecule has 130 valence electrons. The van der Waals surface area contributed by atoms with Gasteiger partial charge in [0.25, 0.3) is 0 Å². The average molecular weight is 423 g/mol. The Morgan fingerprint density at radius 3 is 2.36 bits per heavy atom. The Labute approximate surface area is 153 Å². The van der Waals surface area contributed by atoms with Gasteiger partial charge >= 0.3 is 0 Å². The number of unbranched alkanes of at least 4 members (excludes halogenated alkanes) is 1. The molecule has 2 aliphatic carbocycles. The summed E-state index contributed by atoms with van der Waals surface area (Å²) in [5, 5.41) is 6.77. The molecule has 2 saturated carbocycles. The van der Waals surface area contributed by atoms with Crippen LogP contribution in [0, 0.1) is 5.92 Å². The number of rotatable bonds is 8. The number of ether oxygens (including phenoxy) is 1. The molecular formula is C17H34IN3O. The molecule has 2 rings (SSSR count). The van der Waals surface area contributed by atoms with E-state index in [2.05, 4.69) is 15.6 Å². The van der Waals surface area contributed by atoms with Crippen LogP contribution in [0.15, 0.2) is 4.99 Å². The van der Waals surface area contributed by atoms with Gasteiger partial charge in [-0.3, -0.25) is 4.99 Å². The molecular weight excluding hydrogens is 389 g/mol. The van der Waals surface area contributed by atoms with Crippen molar-refractivity contribution in [2.75, 3.05) is 26.7 Å². The maximum atomic E-state index is 6.01. The van der Waals surface area contributed by atoms with E-state index in [4.69, 9.17) is 4.74 Å². The van der Waals surface area contributed by atoms with Gasteiger partial charge in [-0.05, 0) is 44.4 Å². The van der Waals surface area contributed by atoms with Gasteiger partial charge < -0.3 is 15.4 Å². The predicted molar refractivity (Wildman–Crippen MR) is 104 cm³/mol. The van der Waals surface area contributed by atoms with Crippen molar-refractivity contribution >= 4 is 29.9 Å². The molecule has 5 heteroatoms. The summed E-state index contributed by atoms with van der Waals surface area (Å²) < 4.78 is 6.01. The van der Waals surface area contributed by atoms with Crippen LogP contribution in [0.2, 0.25) is 0 Å². The zero-order valence-electron chi connectivity index (χ0n) is 14.1. The number of nitrogens with zero attached hydrogens (tertiary/aromatic N) is 1. The quantitative estimate of drug-likeness (QED) is 0.206. The monoisotopic (exact) mass is 423 g/mol. The van der Waals surface area contributed by atoms with Gasteiger partial charge in [0.15, 0.2) is 5.96 Å². The van der Waals surface area contributed by atoms with Crippen LogP contribution in [-0.4, -0.2) is 38.8 Å². The van der Waals surface area contributed by atoms with E-state index in [-0.39, 0.29) is 24.0 Å². The number of nitrogens with one attached hydrogen (secondary N) is 2. The number of hydrogen-bond acceptors (Lipinski definition) is 2. The van der Waals surface area contributed by atoms with Crippen LogP contribution in [0.5, 0.6) is 0 Å². The molecule has 0 radical (unpaired) electrons. The maximum absolute atomic E-state index is 6.01. The second kappa shape index (κ2) is 12.4. The Morgan fingerprint density at radius 1 is 1.00 bits per heavy atom. The first-order valence-electron chi connectivity index (χ1n) is 8.94. The highest BCUT2D eigenvalue weighted by atomic mass is 127. The Hall–Kier alpha value is -0.0400. The van der Waals surface area contributed by atoms with E-state index >= 15 is 0 Å². The third-order valence-corrected chi connectivity index (χ3v) is 4.50. The highest BCUT2D eigenvalue weighted by Crippen LogP contribution is 2.27. The van der Waals surface area contributed by atoms with E-state index in [9.17, 15) is 0 Å². The Morgan fingerprint density at radius 2 is 1.73 bits per heavy atom. The van der Waals surface area contributed by atoms with Gasteiger partial charge in [0.1, 0.15) is 0 Å². The van der Waals surface area contributed by atoms with E-state index in [0.717, 1.165) is 44.4 Å². The van der Waals surface area contributed by atoms with Crippen molar-refractivity contribution in [1.29, 1.82) is 0 Å². The summed E-state index contributed by atoms with van der Waals surface area (Å²) in [6.45, 7) is 2.98. The van der Waals surface area contributed by atoms with Crippen LogP contribution in [-0.2, 0) is 4.74 Å². The minimum Gasteiger partial charge on any atom is -0.378 e. The predicted octanol–water partition coefficient (Wildman–Crippen LogP) is 3.70. The Kier molecular flexibility index (Phi) is 11.3. The highest BCUT2D eigenvalue weighted by Gasteiger charge is 2.20. The normalized spacial score (nSPS) is 20.1. The molecule has 0 aromatic heterocycles. The lowest BCUT2D eigenvalue weighted by Crippen LogP contribution is -2.38. The van der Waals surface area contributed by atoms with E-state index in [1.54, 1.807) is 0 Å². The van der Waals surface area contributed by atoms with Crippen LogP contribution < -0.4 is 10.6 Å². The molecule has 0 heterocycles. The van der Waals surface area contributed by atoms with Gasteiger partial charge in [-0.25, -0.2) is 0 Å².